The molecule has 1 heterocycles. The number of ether oxygens (including phenoxy) is 1. The Hall–Kier alpha value is -2.91. The SMILES string of the molecule is COCCCNC(=O)C1CCN(C(=O)c2cccc(NS(=O)(=O)c3ccc(C)cc3)c2)CC1. The van der Waals surface area contributed by atoms with Gasteiger partial charge in [-0.25, -0.2) is 8.42 Å². The van der Waals surface area contributed by atoms with E-state index in [4.69, 9.17) is 4.74 Å². The maximum absolute atomic E-state index is 13.0. The average Bonchev–Trinajstić information content (AvgIpc) is 2.81. The van der Waals surface area contributed by atoms with Crippen molar-refractivity contribution in [1.29, 1.82) is 0 Å². The molecule has 2 N–H and O–H groups in total. The van der Waals surface area contributed by atoms with Gasteiger partial charge in [0, 0.05) is 50.5 Å². The molecule has 0 radical (unpaired) electrons. The first-order valence-electron chi connectivity index (χ1n) is 11.1. The fourth-order valence-corrected chi connectivity index (χ4v) is 4.80. The Balaban J connectivity index is 1.58. The van der Waals surface area contributed by atoms with Crippen LogP contribution in [0.2, 0.25) is 0 Å². The van der Waals surface area contributed by atoms with Gasteiger partial charge in [0.1, 0.15) is 0 Å². The number of piperidine rings is 1. The topological polar surface area (TPSA) is 105 Å². The third-order valence-corrected chi connectivity index (χ3v) is 7.07. The summed E-state index contributed by atoms with van der Waals surface area (Å²) in [6, 6.07) is 13.0. The molecule has 0 spiro atoms. The Bertz CT molecular complexity index is 1060. The van der Waals surface area contributed by atoms with Gasteiger partial charge < -0.3 is 15.0 Å². The molecule has 1 saturated heterocycles. The minimum absolute atomic E-state index is 0.0192. The highest BCUT2D eigenvalue weighted by Crippen LogP contribution is 2.22. The van der Waals surface area contributed by atoms with Crippen LogP contribution in [0.4, 0.5) is 5.69 Å². The minimum atomic E-state index is -3.75. The first kappa shape index (κ1) is 24.7. The van der Waals surface area contributed by atoms with Crippen molar-refractivity contribution in [3.8, 4) is 0 Å². The highest BCUT2D eigenvalue weighted by molar-refractivity contribution is 7.92. The van der Waals surface area contributed by atoms with Crippen molar-refractivity contribution in [2.24, 2.45) is 5.92 Å². The molecule has 2 aromatic carbocycles. The summed E-state index contributed by atoms with van der Waals surface area (Å²) in [4.78, 5) is 27.2. The van der Waals surface area contributed by atoms with Crippen LogP contribution < -0.4 is 10.0 Å². The summed E-state index contributed by atoms with van der Waals surface area (Å²) < 4.78 is 32.8. The zero-order valence-corrected chi connectivity index (χ0v) is 19.9. The number of methoxy groups -OCH3 is 1. The zero-order chi connectivity index (χ0) is 23.8. The predicted octanol–water partition coefficient (Wildman–Crippen LogP) is 2.80. The van der Waals surface area contributed by atoms with Crippen LogP contribution in [-0.4, -0.2) is 58.5 Å². The molecule has 33 heavy (non-hydrogen) atoms. The van der Waals surface area contributed by atoms with Crippen molar-refractivity contribution in [2.75, 3.05) is 38.1 Å². The molecule has 9 heteroatoms. The number of aryl methyl sites for hydroxylation is 1. The Kier molecular flexibility index (Phi) is 8.46. The molecule has 1 fully saturated rings. The Morgan fingerprint density at radius 3 is 2.45 bits per heavy atom. The van der Waals surface area contributed by atoms with Gasteiger partial charge in [-0.15, -0.1) is 0 Å². The van der Waals surface area contributed by atoms with Crippen LogP contribution in [0.1, 0.15) is 35.2 Å². The molecule has 1 aliphatic rings. The van der Waals surface area contributed by atoms with Crippen molar-refractivity contribution in [1.82, 2.24) is 10.2 Å². The summed E-state index contributed by atoms with van der Waals surface area (Å²) >= 11 is 0. The van der Waals surface area contributed by atoms with Gasteiger partial charge in [-0.3, -0.25) is 14.3 Å². The van der Waals surface area contributed by atoms with E-state index in [2.05, 4.69) is 10.0 Å². The van der Waals surface area contributed by atoms with Crippen LogP contribution in [0, 0.1) is 12.8 Å². The van der Waals surface area contributed by atoms with Crippen LogP contribution >= 0.6 is 0 Å². The van der Waals surface area contributed by atoms with Crippen LogP contribution in [0.3, 0.4) is 0 Å². The van der Waals surface area contributed by atoms with E-state index < -0.39 is 10.0 Å². The predicted molar refractivity (Wildman–Crippen MR) is 127 cm³/mol. The molecule has 2 aromatic rings. The van der Waals surface area contributed by atoms with E-state index in [1.165, 1.54) is 0 Å². The van der Waals surface area contributed by atoms with E-state index in [9.17, 15) is 18.0 Å². The minimum Gasteiger partial charge on any atom is -0.385 e. The van der Waals surface area contributed by atoms with Crippen molar-refractivity contribution < 1.29 is 22.7 Å². The van der Waals surface area contributed by atoms with Gasteiger partial charge >= 0.3 is 0 Å². The number of benzene rings is 2. The highest BCUT2D eigenvalue weighted by atomic mass is 32.2. The monoisotopic (exact) mass is 473 g/mol. The number of hydrogen-bond acceptors (Lipinski definition) is 5. The molecule has 178 valence electrons. The number of nitrogens with one attached hydrogen (secondary N) is 2. The van der Waals surface area contributed by atoms with E-state index in [0.29, 0.717) is 50.3 Å². The fraction of sp³-hybridized carbons (Fsp3) is 0.417. The van der Waals surface area contributed by atoms with E-state index in [0.717, 1.165) is 12.0 Å². The summed E-state index contributed by atoms with van der Waals surface area (Å²) in [6.07, 6.45) is 1.97. The second-order valence-electron chi connectivity index (χ2n) is 8.20. The largest absolute Gasteiger partial charge is 0.385 e. The maximum Gasteiger partial charge on any atom is 0.261 e. The first-order valence-corrected chi connectivity index (χ1v) is 12.5. The van der Waals surface area contributed by atoms with Gasteiger partial charge in [0.15, 0.2) is 0 Å². The van der Waals surface area contributed by atoms with Gasteiger partial charge in [0.25, 0.3) is 15.9 Å². The number of hydrogen-bond donors (Lipinski definition) is 2. The normalized spacial score (nSPS) is 14.7. The van der Waals surface area contributed by atoms with Crippen molar-refractivity contribution in [2.45, 2.75) is 31.1 Å². The van der Waals surface area contributed by atoms with Crippen LogP contribution in [-0.2, 0) is 19.6 Å². The van der Waals surface area contributed by atoms with Gasteiger partial charge in [0.05, 0.1) is 4.90 Å². The first-order chi connectivity index (χ1) is 15.8. The molecule has 0 atom stereocenters. The second kappa shape index (κ2) is 11.3. The summed E-state index contributed by atoms with van der Waals surface area (Å²) in [6.45, 7) is 4.03. The molecule has 0 unspecified atom stereocenters. The summed E-state index contributed by atoms with van der Waals surface area (Å²) in [5.74, 6) is -0.264. The van der Waals surface area contributed by atoms with Crippen LogP contribution in [0.15, 0.2) is 53.4 Å². The number of carbonyl (C=O) groups excluding carboxylic acids is 2. The lowest BCUT2D eigenvalue weighted by Gasteiger charge is -2.31. The van der Waals surface area contributed by atoms with Crippen molar-refractivity contribution in [3.63, 3.8) is 0 Å². The van der Waals surface area contributed by atoms with Gasteiger partial charge in [-0.2, -0.15) is 0 Å². The molecular weight excluding hydrogens is 442 g/mol. The fourth-order valence-electron chi connectivity index (χ4n) is 3.75. The van der Waals surface area contributed by atoms with E-state index in [1.807, 2.05) is 6.92 Å². The molecular formula is C24H31N3O5S. The number of nitrogens with zero attached hydrogens (tertiary/aromatic N) is 1. The summed E-state index contributed by atoms with van der Waals surface area (Å²) in [5.41, 5.74) is 1.70. The molecule has 0 aromatic heterocycles. The van der Waals surface area contributed by atoms with E-state index >= 15 is 0 Å². The number of likely N-dealkylation sites (tertiary alicyclic amines) is 1. The van der Waals surface area contributed by atoms with E-state index in [1.54, 1.807) is 60.5 Å². The molecule has 3 rings (SSSR count). The number of anilines is 1. The molecule has 1 aliphatic heterocycles. The zero-order valence-electron chi connectivity index (χ0n) is 19.0. The van der Waals surface area contributed by atoms with Gasteiger partial charge in [0.2, 0.25) is 5.91 Å². The smallest absolute Gasteiger partial charge is 0.261 e. The maximum atomic E-state index is 13.0. The highest BCUT2D eigenvalue weighted by Gasteiger charge is 2.28. The molecule has 2 amide bonds. The second-order valence-corrected chi connectivity index (χ2v) is 9.89. The summed E-state index contributed by atoms with van der Waals surface area (Å²) in [7, 11) is -2.12. The Morgan fingerprint density at radius 2 is 1.79 bits per heavy atom. The lowest BCUT2D eigenvalue weighted by Crippen LogP contribution is -2.43. The van der Waals surface area contributed by atoms with E-state index in [-0.39, 0.29) is 22.6 Å². The van der Waals surface area contributed by atoms with Crippen LogP contribution in [0.25, 0.3) is 0 Å². The number of sulfonamides is 1. The Labute approximate surface area is 195 Å². The third kappa shape index (κ3) is 6.79. The average molecular weight is 474 g/mol. The van der Waals surface area contributed by atoms with Crippen molar-refractivity contribution in [3.05, 3.63) is 59.7 Å². The van der Waals surface area contributed by atoms with Crippen molar-refractivity contribution >= 4 is 27.5 Å². The number of amides is 2. The standard InChI is InChI=1S/C24H31N3O5S/c1-18-7-9-22(10-8-18)33(30,31)26-21-6-3-5-20(17-21)24(29)27-14-11-19(12-15-27)23(28)25-13-4-16-32-2/h3,5-10,17,19,26H,4,11-16H2,1-2H3,(H,25,28). The molecule has 0 aliphatic carbocycles. The van der Waals surface area contributed by atoms with Gasteiger partial charge in [-0.05, 0) is 56.5 Å². The number of carbonyl (C=O) groups is 2. The van der Waals surface area contributed by atoms with Crippen LogP contribution in [0.5, 0.6) is 0 Å². The third-order valence-electron chi connectivity index (χ3n) is 5.67. The Morgan fingerprint density at radius 1 is 1.09 bits per heavy atom. The lowest BCUT2D eigenvalue weighted by atomic mass is 9.95. The lowest BCUT2D eigenvalue weighted by molar-refractivity contribution is -0.126. The summed E-state index contributed by atoms with van der Waals surface area (Å²) in [5, 5.41) is 2.92. The number of rotatable bonds is 9. The molecule has 0 saturated carbocycles. The molecule has 0 bridgehead atoms. The quantitative estimate of drug-likeness (QED) is 0.545. The van der Waals surface area contributed by atoms with Gasteiger partial charge in [-0.1, -0.05) is 23.8 Å². The molecule has 8 nitrogen and oxygen atoms in total.